The lowest BCUT2D eigenvalue weighted by Gasteiger charge is -2.06. The molecule has 1 amide bonds. The Balaban J connectivity index is 1.72. The molecule has 0 fully saturated rings. The summed E-state index contributed by atoms with van der Waals surface area (Å²) in [5, 5.41) is 4.84. The summed E-state index contributed by atoms with van der Waals surface area (Å²) in [5.74, 6) is -0.122. The van der Waals surface area contributed by atoms with Crippen LogP contribution in [0.2, 0.25) is 0 Å². The molecule has 0 radical (unpaired) electrons. The van der Waals surface area contributed by atoms with E-state index in [1.54, 1.807) is 24.8 Å². The number of carbonyl (C=O) groups excluding carboxylic acids is 1. The Morgan fingerprint density at radius 3 is 3.14 bits per heavy atom. The van der Waals surface area contributed by atoms with Crippen molar-refractivity contribution in [3.05, 3.63) is 29.5 Å². The van der Waals surface area contributed by atoms with Gasteiger partial charge in [0.15, 0.2) is 0 Å². The van der Waals surface area contributed by atoms with Crippen LogP contribution in [0.3, 0.4) is 0 Å². The highest BCUT2D eigenvalue weighted by atomic mass is 32.1. The Morgan fingerprint density at radius 2 is 2.38 bits per heavy atom. The highest BCUT2D eigenvalue weighted by Crippen LogP contribution is 2.25. The van der Waals surface area contributed by atoms with Gasteiger partial charge in [0.1, 0.15) is 12.3 Å². The number of aromatic amines is 1. The summed E-state index contributed by atoms with van der Waals surface area (Å²) in [7, 11) is 1.60. The molecule has 0 spiro atoms. The summed E-state index contributed by atoms with van der Waals surface area (Å²) in [6.45, 7) is 1.52. The minimum atomic E-state index is -0.122. The zero-order chi connectivity index (χ0) is 14.9. The molecular formula is C14H19N3O3S. The standard InChI is InChI=1S/C14H19N3O3S/c1-19-6-7-20-9-13(18)15-5-4-11-14(17-10-16-11)12-3-2-8-21-12/h2-3,8,10H,4-7,9H2,1H3,(H,15,18)(H,16,17). The summed E-state index contributed by atoms with van der Waals surface area (Å²) < 4.78 is 9.99. The maximum Gasteiger partial charge on any atom is 0.246 e. The van der Waals surface area contributed by atoms with E-state index in [1.165, 1.54) is 0 Å². The van der Waals surface area contributed by atoms with Crippen LogP contribution < -0.4 is 5.32 Å². The maximum atomic E-state index is 11.5. The normalized spacial score (nSPS) is 10.7. The molecule has 2 N–H and O–H groups in total. The molecule has 2 heterocycles. The fourth-order valence-corrected chi connectivity index (χ4v) is 2.57. The van der Waals surface area contributed by atoms with Gasteiger partial charge < -0.3 is 19.8 Å². The first-order valence-electron chi connectivity index (χ1n) is 6.70. The average molecular weight is 309 g/mol. The van der Waals surface area contributed by atoms with E-state index in [2.05, 4.69) is 15.3 Å². The van der Waals surface area contributed by atoms with Crippen molar-refractivity contribution in [1.82, 2.24) is 15.3 Å². The lowest BCUT2D eigenvalue weighted by Crippen LogP contribution is -2.30. The number of rotatable bonds is 9. The number of ether oxygens (including phenoxy) is 2. The lowest BCUT2D eigenvalue weighted by molar-refractivity contribution is -0.126. The van der Waals surface area contributed by atoms with Gasteiger partial charge in [0.05, 0.1) is 24.4 Å². The Bertz CT molecular complexity index is 539. The first-order valence-corrected chi connectivity index (χ1v) is 7.58. The highest BCUT2D eigenvalue weighted by Gasteiger charge is 2.09. The number of hydrogen-bond acceptors (Lipinski definition) is 5. The molecule has 0 aliphatic heterocycles. The first kappa shape index (κ1) is 15.7. The second kappa shape index (κ2) is 8.56. The molecule has 6 nitrogen and oxygen atoms in total. The van der Waals surface area contributed by atoms with Crippen molar-refractivity contribution in [2.75, 3.05) is 33.5 Å². The van der Waals surface area contributed by atoms with Gasteiger partial charge in [-0.15, -0.1) is 11.3 Å². The van der Waals surface area contributed by atoms with E-state index < -0.39 is 0 Å². The van der Waals surface area contributed by atoms with Crippen LogP contribution in [0.25, 0.3) is 10.6 Å². The van der Waals surface area contributed by atoms with Gasteiger partial charge in [-0.1, -0.05) is 6.07 Å². The minimum absolute atomic E-state index is 0.0596. The first-order chi connectivity index (χ1) is 10.3. The van der Waals surface area contributed by atoms with Gasteiger partial charge in [-0.3, -0.25) is 4.79 Å². The number of nitrogens with zero attached hydrogens (tertiary/aromatic N) is 1. The summed E-state index contributed by atoms with van der Waals surface area (Å²) in [6.07, 6.45) is 2.39. The summed E-state index contributed by atoms with van der Waals surface area (Å²) >= 11 is 1.65. The molecule has 2 aromatic heterocycles. The van der Waals surface area contributed by atoms with E-state index >= 15 is 0 Å². The zero-order valence-corrected chi connectivity index (χ0v) is 12.7. The number of carbonyl (C=O) groups is 1. The van der Waals surface area contributed by atoms with E-state index in [1.807, 2.05) is 17.5 Å². The van der Waals surface area contributed by atoms with Crippen molar-refractivity contribution in [2.24, 2.45) is 0 Å². The number of hydrogen-bond donors (Lipinski definition) is 2. The van der Waals surface area contributed by atoms with Gasteiger partial charge in [-0.25, -0.2) is 4.98 Å². The fraction of sp³-hybridized carbons (Fsp3) is 0.429. The Labute approximate surface area is 127 Å². The third-order valence-corrected chi connectivity index (χ3v) is 3.71. The summed E-state index contributed by atoms with van der Waals surface area (Å²) in [5.41, 5.74) is 1.98. The quantitative estimate of drug-likeness (QED) is 0.688. The van der Waals surface area contributed by atoms with Crippen LogP contribution in [0.15, 0.2) is 23.8 Å². The minimum Gasteiger partial charge on any atom is -0.382 e. The molecule has 0 atom stereocenters. The largest absolute Gasteiger partial charge is 0.382 e. The lowest BCUT2D eigenvalue weighted by atomic mass is 10.2. The van der Waals surface area contributed by atoms with E-state index in [9.17, 15) is 4.79 Å². The van der Waals surface area contributed by atoms with Gasteiger partial charge in [0.25, 0.3) is 0 Å². The van der Waals surface area contributed by atoms with Gasteiger partial charge in [0, 0.05) is 25.8 Å². The molecule has 21 heavy (non-hydrogen) atoms. The zero-order valence-electron chi connectivity index (χ0n) is 11.9. The smallest absolute Gasteiger partial charge is 0.246 e. The summed E-state index contributed by atoms with van der Waals surface area (Å²) in [4.78, 5) is 20.1. The summed E-state index contributed by atoms with van der Waals surface area (Å²) in [6, 6.07) is 4.03. The number of nitrogens with one attached hydrogen (secondary N) is 2. The van der Waals surface area contributed by atoms with Crippen molar-refractivity contribution in [3.8, 4) is 10.6 Å². The van der Waals surface area contributed by atoms with E-state index in [4.69, 9.17) is 9.47 Å². The van der Waals surface area contributed by atoms with E-state index in [-0.39, 0.29) is 12.5 Å². The molecule has 2 aromatic rings. The molecule has 0 unspecified atom stereocenters. The molecule has 0 aliphatic rings. The topological polar surface area (TPSA) is 76.2 Å². The predicted molar refractivity (Wildman–Crippen MR) is 81.3 cm³/mol. The van der Waals surface area contributed by atoms with Crippen LogP contribution in [0, 0.1) is 0 Å². The van der Waals surface area contributed by atoms with E-state index in [0.29, 0.717) is 26.2 Å². The molecule has 2 rings (SSSR count). The van der Waals surface area contributed by atoms with Crippen LogP contribution in [-0.4, -0.2) is 49.4 Å². The number of methoxy groups -OCH3 is 1. The molecule has 0 saturated heterocycles. The van der Waals surface area contributed by atoms with Crippen molar-refractivity contribution in [2.45, 2.75) is 6.42 Å². The molecule has 114 valence electrons. The SMILES string of the molecule is COCCOCC(=O)NCCc1[nH]cnc1-c1cccs1. The molecule has 0 aliphatic carbocycles. The van der Waals surface area contributed by atoms with Gasteiger partial charge in [-0.05, 0) is 11.4 Å². The third kappa shape index (κ3) is 4.96. The van der Waals surface area contributed by atoms with Gasteiger partial charge in [-0.2, -0.15) is 0 Å². The van der Waals surface area contributed by atoms with Crippen LogP contribution in [0.4, 0.5) is 0 Å². The van der Waals surface area contributed by atoms with Crippen LogP contribution in [0.5, 0.6) is 0 Å². The van der Waals surface area contributed by atoms with Crippen LogP contribution in [0.1, 0.15) is 5.69 Å². The Hall–Kier alpha value is -1.70. The third-order valence-electron chi connectivity index (χ3n) is 2.83. The molecular weight excluding hydrogens is 290 g/mol. The Kier molecular flexibility index (Phi) is 6.39. The van der Waals surface area contributed by atoms with Crippen molar-refractivity contribution >= 4 is 17.2 Å². The average Bonchev–Trinajstić information content (AvgIpc) is 3.14. The monoisotopic (exact) mass is 309 g/mol. The van der Waals surface area contributed by atoms with Crippen molar-refractivity contribution in [3.63, 3.8) is 0 Å². The molecule has 0 bridgehead atoms. The second-order valence-electron chi connectivity index (χ2n) is 4.35. The number of aromatic nitrogens is 2. The number of thiophene rings is 1. The fourth-order valence-electron chi connectivity index (χ4n) is 1.82. The second-order valence-corrected chi connectivity index (χ2v) is 5.30. The number of H-pyrrole nitrogens is 1. The Morgan fingerprint density at radius 1 is 1.48 bits per heavy atom. The van der Waals surface area contributed by atoms with Gasteiger partial charge >= 0.3 is 0 Å². The highest BCUT2D eigenvalue weighted by molar-refractivity contribution is 7.13. The van der Waals surface area contributed by atoms with Crippen molar-refractivity contribution in [1.29, 1.82) is 0 Å². The van der Waals surface area contributed by atoms with E-state index in [0.717, 1.165) is 16.3 Å². The van der Waals surface area contributed by atoms with Crippen molar-refractivity contribution < 1.29 is 14.3 Å². The van der Waals surface area contributed by atoms with Crippen LogP contribution in [-0.2, 0) is 20.7 Å². The molecule has 0 aromatic carbocycles. The number of imidazole rings is 1. The number of amides is 1. The predicted octanol–water partition coefficient (Wildman–Crippen LogP) is 1.46. The maximum absolute atomic E-state index is 11.5. The molecule has 0 saturated carbocycles. The molecule has 7 heteroatoms. The van der Waals surface area contributed by atoms with Gasteiger partial charge in [0.2, 0.25) is 5.91 Å². The van der Waals surface area contributed by atoms with Crippen LogP contribution >= 0.6 is 11.3 Å².